The van der Waals surface area contributed by atoms with Gasteiger partial charge in [-0.25, -0.2) is 13.2 Å². The first-order valence-corrected chi connectivity index (χ1v) is 11.9. The summed E-state index contributed by atoms with van der Waals surface area (Å²) in [4.78, 5) is 38.2. The van der Waals surface area contributed by atoms with Crippen molar-refractivity contribution in [3.05, 3.63) is 54.0 Å². The molecular weight excluding hydrogens is 438 g/mol. The highest BCUT2D eigenvalue weighted by Gasteiger charge is 2.29. The zero-order valence-electron chi connectivity index (χ0n) is 17.7. The summed E-state index contributed by atoms with van der Waals surface area (Å²) < 4.78 is 40.4. The van der Waals surface area contributed by atoms with Crippen molar-refractivity contribution in [1.82, 2.24) is 4.90 Å². The molecule has 0 N–H and O–H groups in total. The zero-order chi connectivity index (χ0) is 23.1. The van der Waals surface area contributed by atoms with Crippen molar-refractivity contribution in [2.24, 2.45) is 5.92 Å². The van der Waals surface area contributed by atoms with Gasteiger partial charge in [-0.15, -0.1) is 0 Å². The second-order valence-corrected chi connectivity index (χ2v) is 9.32. The van der Waals surface area contributed by atoms with E-state index in [9.17, 15) is 22.8 Å². The number of ether oxygens (including phenoxy) is 2. The van der Waals surface area contributed by atoms with Crippen LogP contribution in [0.5, 0.6) is 0 Å². The SMILES string of the molecule is CCOC(=O)C1CCN(C(=O)COC(=O)c2occc2CS(=O)(=O)c2ccccc2)CC1. The molecule has 1 aromatic heterocycles. The maximum Gasteiger partial charge on any atom is 0.375 e. The molecule has 0 unspecified atom stereocenters. The van der Waals surface area contributed by atoms with Crippen LogP contribution in [-0.2, 0) is 34.7 Å². The number of hydrogen-bond acceptors (Lipinski definition) is 8. The Kier molecular flexibility index (Phi) is 7.68. The number of sulfone groups is 1. The first kappa shape index (κ1) is 23.5. The van der Waals surface area contributed by atoms with Crippen LogP contribution in [0.3, 0.4) is 0 Å². The van der Waals surface area contributed by atoms with Crippen LogP contribution in [0.4, 0.5) is 0 Å². The number of hydrogen-bond donors (Lipinski definition) is 0. The molecule has 2 aromatic rings. The zero-order valence-corrected chi connectivity index (χ0v) is 18.5. The number of amides is 1. The number of esters is 2. The van der Waals surface area contributed by atoms with Gasteiger partial charge < -0.3 is 18.8 Å². The van der Waals surface area contributed by atoms with Crippen LogP contribution >= 0.6 is 0 Å². The molecule has 0 radical (unpaired) electrons. The summed E-state index contributed by atoms with van der Waals surface area (Å²) in [5.41, 5.74) is 0.154. The van der Waals surface area contributed by atoms with E-state index in [1.807, 2.05) is 0 Å². The summed E-state index contributed by atoms with van der Waals surface area (Å²) in [6.07, 6.45) is 2.17. The van der Waals surface area contributed by atoms with Gasteiger partial charge in [0.2, 0.25) is 5.76 Å². The molecule has 0 bridgehead atoms. The van der Waals surface area contributed by atoms with Gasteiger partial charge >= 0.3 is 11.9 Å². The summed E-state index contributed by atoms with van der Waals surface area (Å²) in [6.45, 7) is 2.28. The van der Waals surface area contributed by atoms with E-state index in [1.54, 1.807) is 25.1 Å². The quantitative estimate of drug-likeness (QED) is 0.547. The van der Waals surface area contributed by atoms with Crippen molar-refractivity contribution < 1.29 is 36.7 Å². The Morgan fingerprint density at radius 1 is 1.06 bits per heavy atom. The number of likely N-dealkylation sites (tertiary alicyclic amines) is 1. The van der Waals surface area contributed by atoms with E-state index < -0.39 is 34.1 Å². The second kappa shape index (κ2) is 10.4. The van der Waals surface area contributed by atoms with E-state index in [-0.39, 0.29) is 28.1 Å². The molecule has 0 aliphatic carbocycles. The number of rotatable bonds is 8. The molecule has 3 rings (SSSR count). The van der Waals surface area contributed by atoms with Crippen LogP contribution in [0.1, 0.15) is 35.9 Å². The summed E-state index contributed by atoms with van der Waals surface area (Å²) >= 11 is 0. The molecule has 9 nitrogen and oxygen atoms in total. The molecule has 1 fully saturated rings. The van der Waals surface area contributed by atoms with Gasteiger partial charge in [-0.1, -0.05) is 18.2 Å². The van der Waals surface area contributed by atoms with Crippen LogP contribution in [0.2, 0.25) is 0 Å². The van der Waals surface area contributed by atoms with Gasteiger partial charge in [0.05, 0.1) is 29.4 Å². The lowest BCUT2D eigenvalue weighted by Crippen LogP contribution is -2.42. The summed E-state index contributed by atoms with van der Waals surface area (Å²) in [7, 11) is -3.68. The number of furan rings is 1. The van der Waals surface area contributed by atoms with Crippen molar-refractivity contribution >= 4 is 27.7 Å². The van der Waals surface area contributed by atoms with Crippen molar-refractivity contribution in [3.8, 4) is 0 Å². The summed E-state index contributed by atoms with van der Waals surface area (Å²) in [6, 6.07) is 9.25. The van der Waals surface area contributed by atoms with Gasteiger partial charge in [0.25, 0.3) is 5.91 Å². The molecule has 1 aliphatic heterocycles. The molecule has 10 heteroatoms. The first-order valence-electron chi connectivity index (χ1n) is 10.3. The predicted octanol–water partition coefficient (Wildman–Crippen LogP) is 2.21. The third-order valence-corrected chi connectivity index (χ3v) is 6.86. The van der Waals surface area contributed by atoms with Crippen molar-refractivity contribution in [1.29, 1.82) is 0 Å². The average molecular weight is 464 g/mol. The second-order valence-electron chi connectivity index (χ2n) is 7.33. The Morgan fingerprint density at radius 3 is 2.41 bits per heavy atom. The van der Waals surface area contributed by atoms with E-state index in [0.717, 1.165) is 0 Å². The molecule has 0 saturated carbocycles. The fourth-order valence-corrected chi connectivity index (χ4v) is 4.83. The molecule has 2 heterocycles. The van der Waals surface area contributed by atoms with Crippen molar-refractivity contribution in [2.45, 2.75) is 30.4 Å². The Hall–Kier alpha value is -3.14. The van der Waals surface area contributed by atoms with Crippen LogP contribution < -0.4 is 0 Å². The third-order valence-electron chi connectivity index (χ3n) is 5.17. The fourth-order valence-electron chi connectivity index (χ4n) is 3.45. The van der Waals surface area contributed by atoms with Gasteiger partial charge in [0, 0.05) is 18.7 Å². The lowest BCUT2D eigenvalue weighted by Gasteiger charge is -2.30. The number of nitrogens with zero attached hydrogens (tertiary/aromatic N) is 1. The Bertz CT molecular complexity index is 1050. The standard InChI is InChI=1S/C22H25NO8S/c1-2-29-21(25)16-8-11-23(12-9-16)19(24)14-31-22(26)20-17(10-13-30-20)15-32(27,28)18-6-4-3-5-7-18/h3-7,10,13,16H,2,8-9,11-12,14-15H2,1H3. The van der Waals surface area contributed by atoms with Crippen LogP contribution in [0, 0.1) is 5.92 Å². The van der Waals surface area contributed by atoms with E-state index >= 15 is 0 Å². The first-order chi connectivity index (χ1) is 15.3. The van der Waals surface area contributed by atoms with Gasteiger partial charge in [0.1, 0.15) is 0 Å². The highest BCUT2D eigenvalue weighted by Crippen LogP contribution is 2.21. The maximum absolute atomic E-state index is 12.6. The maximum atomic E-state index is 12.6. The van der Waals surface area contributed by atoms with Gasteiger partial charge in [-0.05, 0) is 38.0 Å². The highest BCUT2D eigenvalue weighted by atomic mass is 32.2. The average Bonchev–Trinajstić information content (AvgIpc) is 3.25. The molecule has 1 aliphatic rings. The molecular formula is C22H25NO8S. The predicted molar refractivity (Wildman–Crippen MR) is 112 cm³/mol. The lowest BCUT2D eigenvalue weighted by atomic mass is 9.97. The topological polar surface area (TPSA) is 120 Å². The molecule has 32 heavy (non-hydrogen) atoms. The van der Waals surface area contributed by atoms with Crippen LogP contribution in [0.25, 0.3) is 0 Å². The van der Waals surface area contributed by atoms with E-state index in [1.165, 1.54) is 29.4 Å². The smallest absolute Gasteiger partial charge is 0.375 e. The Labute approximate surface area is 186 Å². The summed E-state index contributed by atoms with van der Waals surface area (Å²) in [5, 5.41) is 0. The van der Waals surface area contributed by atoms with Crippen molar-refractivity contribution in [3.63, 3.8) is 0 Å². The molecule has 1 amide bonds. The normalized spacial score (nSPS) is 14.7. The largest absolute Gasteiger partial charge is 0.466 e. The van der Waals surface area contributed by atoms with Crippen molar-refractivity contribution in [2.75, 3.05) is 26.3 Å². The van der Waals surface area contributed by atoms with Gasteiger partial charge in [-0.3, -0.25) is 9.59 Å². The summed E-state index contributed by atoms with van der Waals surface area (Å²) in [5.74, 6) is -2.50. The lowest BCUT2D eigenvalue weighted by molar-refractivity contribution is -0.151. The highest BCUT2D eigenvalue weighted by molar-refractivity contribution is 7.90. The number of carbonyl (C=O) groups excluding carboxylic acids is 3. The monoisotopic (exact) mass is 463 g/mol. The van der Waals surface area contributed by atoms with Crippen LogP contribution in [-0.4, -0.2) is 57.5 Å². The van der Waals surface area contributed by atoms with Gasteiger partial charge in [0.15, 0.2) is 16.4 Å². The number of piperidine rings is 1. The van der Waals surface area contributed by atoms with E-state index in [2.05, 4.69) is 0 Å². The molecule has 172 valence electrons. The number of benzene rings is 1. The molecule has 1 aromatic carbocycles. The Morgan fingerprint density at radius 2 is 1.75 bits per heavy atom. The molecule has 0 atom stereocenters. The van der Waals surface area contributed by atoms with E-state index in [4.69, 9.17) is 13.9 Å². The Balaban J connectivity index is 1.54. The fraction of sp³-hybridized carbons (Fsp3) is 0.409. The minimum atomic E-state index is -3.68. The van der Waals surface area contributed by atoms with Gasteiger partial charge in [-0.2, -0.15) is 0 Å². The third kappa shape index (κ3) is 5.76. The van der Waals surface area contributed by atoms with Crippen LogP contribution in [0.15, 0.2) is 52.0 Å². The van der Waals surface area contributed by atoms with E-state index in [0.29, 0.717) is 32.5 Å². The minimum Gasteiger partial charge on any atom is -0.466 e. The minimum absolute atomic E-state index is 0.127. The molecule has 0 spiro atoms. The molecule has 1 saturated heterocycles. The number of carbonyl (C=O) groups is 3.